The van der Waals surface area contributed by atoms with Crippen LogP contribution in [0.3, 0.4) is 0 Å². The number of sulfonamides is 1. The van der Waals surface area contributed by atoms with Crippen LogP contribution in [-0.4, -0.2) is 56.4 Å². The number of hydrogen-bond donors (Lipinski definition) is 3. The first kappa shape index (κ1) is 27.8. The lowest BCUT2D eigenvalue weighted by molar-refractivity contribution is 0.133. The smallest absolute Gasteiger partial charge is 0.243 e. The number of halogens is 1. The molecule has 0 radical (unpaired) electrons. The van der Waals surface area contributed by atoms with Crippen molar-refractivity contribution in [3.05, 3.63) is 83.0 Å². The van der Waals surface area contributed by atoms with Crippen LogP contribution in [0.25, 0.3) is 27.6 Å². The molecule has 1 aliphatic rings. The summed E-state index contributed by atoms with van der Waals surface area (Å²) in [5, 5.41) is 15.3. The fourth-order valence-corrected chi connectivity index (χ4v) is 7.40. The quantitative estimate of drug-likeness (QED) is 0.198. The van der Waals surface area contributed by atoms with Gasteiger partial charge in [0.25, 0.3) is 0 Å². The molecule has 0 saturated carbocycles. The molecule has 3 aromatic heterocycles. The number of nitrogens with zero attached hydrogens (tertiary/aromatic N) is 5. The van der Waals surface area contributed by atoms with Gasteiger partial charge in [0.15, 0.2) is 4.96 Å². The van der Waals surface area contributed by atoms with Crippen molar-refractivity contribution in [1.29, 1.82) is 0 Å². The summed E-state index contributed by atoms with van der Waals surface area (Å²) in [6.07, 6.45) is 5.16. The summed E-state index contributed by atoms with van der Waals surface area (Å²) in [7, 11) is -3.65. The van der Waals surface area contributed by atoms with Crippen molar-refractivity contribution in [1.82, 2.24) is 29.1 Å². The number of hydrogen-bond acceptors (Lipinski definition) is 9. The molecule has 4 heterocycles. The number of hydroxylamine groups is 1. The maximum Gasteiger partial charge on any atom is 0.243 e. The van der Waals surface area contributed by atoms with Crippen LogP contribution in [-0.2, 0) is 10.0 Å². The van der Waals surface area contributed by atoms with Gasteiger partial charge < -0.3 is 10.5 Å². The van der Waals surface area contributed by atoms with E-state index in [1.165, 1.54) is 27.8 Å². The van der Waals surface area contributed by atoms with Gasteiger partial charge in [0.2, 0.25) is 16.0 Å². The maximum atomic E-state index is 13.3. The van der Waals surface area contributed by atoms with E-state index < -0.39 is 10.0 Å². The summed E-state index contributed by atoms with van der Waals surface area (Å²) in [6, 6.07) is 15.6. The zero-order valence-electron chi connectivity index (χ0n) is 22.1. The molecular formula is C28H28ClN7O3S2. The van der Waals surface area contributed by atoms with Crippen LogP contribution in [0, 0.1) is 0 Å². The number of piperidine rings is 1. The number of benzene rings is 2. The second-order valence-electron chi connectivity index (χ2n) is 9.91. The zero-order chi connectivity index (χ0) is 28.6. The molecule has 5 aromatic rings. The monoisotopic (exact) mass is 609 g/mol. The minimum atomic E-state index is -3.65. The van der Waals surface area contributed by atoms with Crippen LogP contribution in [0.2, 0.25) is 5.02 Å². The van der Waals surface area contributed by atoms with E-state index in [9.17, 15) is 13.6 Å². The number of rotatable bonds is 8. The van der Waals surface area contributed by atoms with E-state index in [4.69, 9.17) is 21.6 Å². The molecule has 41 heavy (non-hydrogen) atoms. The number of aromatic nitrogens is 4. The van der Waals surface area contributed by atoms with Gasteiger partial charge >= 0.3 is 0 Å². The summed E-state index contributed by atoms with van der Waals surface area (Å²) < 4.78 is 30.0. The van der Waals surface area contributed by atoms with E-state index in [0.29, 0.717) is 36.2 Å². The Hall–Kier alpha value is -3.39. The van der Waals surface area contributed by atoms with E-state index in [-0.39, 0.29) is 17.0 Å². The fraction of sp³-hybridized carbons (Fsp3) is 0.250. The topological polar surface area (TPSA) is 125 Å². The highest BCUT2D eigenvalue weighted by atomic mass is 35.5. The molecule has 2 atom stereocenters. The van der Waals surface area contributed by atoms with Gasteiger partial charge in [-0.05, 0) is 61.7 Å². The first-order chi connectivity index (χ1) is 19.8. The van der Waals surface area contributed by atoms with Gasteiger partial charge in [-0.25, -0.2) is 23.4 Å². The number of nitrogens with one attached hydrogen (secondary N) is 2. The Labute approximate surface area is 246 Å². The van der Waals surface area contributed by atoms with Crippen molar-refractivity contribution in [2.75, 3.05) is 18.4 Å². The van der Waals surface area contributed by atoms with Crippen molar-refractivity contribution in [2.45, 2.75) is 36.7 Å². The highest BCUT2D eigenvalue weighted by Crippen LogP contribution is 2.35. The molecule has 10 nitrogen and oxygen atoms in total. The summed E-state index contributed by atoms with van der Waals surface area (Å²) in [5.74, 6) is 0.418. The molecular weight excluding hydrogens is 582 g/mol. The van der Waals surface area contributed by atoms with Crippen LogP contribution >= 0.6 is 22.9 Å². The standard InChI is InChI=1S/C28H28ClN7O3S2/c1-18(34-37)19-4-2-5-20(16-19)25-26(36-14-15-40-28(36)33-25)24-11-12-30-27(32-24)31-22-6-3-13-35(17-22)41(38,39)23-9-7-21(29)8-10-23/h2,4-5,7-12,14-16,18,22,34,37H,3,6,13,17H2,1H3,(H,30,31,32)/t18?,22-/m1/s1. The lowest BCUT2D eigenvalue weighted by Gasteiger charge is -2.32. The van der Waals surface area contributed by atoms with Gasteiger partial charge in [-0.1, -0.05) is 29.8 Å². The average molecular weight is 610 g/mol. The van der Waals surface area contributed by atoms with Crippen molar-refractivity contribution < 1.29 is 13.6 Å². The lowest BCUT2D eigenvalue weighted by Crippen LogP contribution is -2.45. The van der Waals surface area contributed by atoms with Gasteiger partial charge in [-0.15, -0.1) is 11.3 Å². The van der Waals surface area contributed by atoms with Gasteiger partial charge in [0.05, 0.1) is 22.3 Å². The van der Waals surface area contributed by atoms with E-state index >= 15 is 0 Å². The van der Waals surface area contributed by atoms with Crippen molar-refractivity contribution >= 4 is 43.9 Å². The molecule has 3 N–H and O–H groups in total. The van der Waals surface area contributed by atoms with Crippen LogP contribution < -0.4 is 10.8 Å². The summed E-state index contributed by atoms with van der Waals surface area (Å²) in [6.45, 7) is 2.62. The second kappa shape index (κ2) is 11.5. The predicted octanol–water partition coefficient (Wildman–Crippen LogP) is 5.48. The van der Waals surface area contributed by atoms with Gasteiger partial charge in [-0.2, -0.15) is 9.79 Å². The molecule has 2 aromatic carbocycles. The van der Waals surface area contributed by atoms with Crippen molar-refractivity contribution in [2.24, 2.45) is 0 Å². The molecule has 0 aliphatic carbocycles. The molecule has 1 aliphatic heterocycles. The summed E-state index contributed by atoms with van der Waals surface area (Å²) in [4.78, 5) is 15.2. The molecule has 1 fully saturated rings. The van der Waals surface area contributed by atoms with Crippen molar-refractivity contribution in [3.8, 4) is 22.6 Å². The molecule has 1 saturated heterocycles. The Kier molecular flexibility index (Phi) is 7.77. The van der Waals surface area contributed by atoms with Crippen LogP contribution in [0.15, 0.2) is 77.3 Å². The number of fused-ring (bicyclic) bond motifs is 1. The Balaban J connectivity index is 1.28. The molecule has 13 heteroatoms. The summed E-state index contributed by atoms with van der Waals surface area (Å²) in [5.41, 5.74) is 6.40. The van der Waals surface area contributed by atoms with Gasteiger partial charge in [-0.3, -0.25) is 4.40 Å². The Morgan fingerprint density at radius 3 is 2.78 bits per heavy atom. The first-order valence-corrected chi connectivity index (χ1v) is 15.8. The van der Waals surface area contributed by atoms with E-state index in [0.717, 1.165) is 33.9 Å². The lowest BCUT2D eigenvalue weighted by atomic mass is 10.0. The molecule has 0 spiro atoms. The molecule has 0 amide bonds. The Morgan fingerprint density at radius 2 is 1.98 bits per heavy atom. The minimum Gasteiger partial charge on any atom is -0.350 e. The normalized spacial score (nSPS) is 17.1. The number of thiazole rings is 1. The third-order valence-electron chi connectivity index (χ3n) is 7.18. The fourth-order valence-electron chi connectivity index (χ4n) is 5.04. The number of imidazole rings is 1. The molecule has 6 rings (SSSR count). The second-order valence-corrected chi connectivity index (χ2v) is 13.2. The predicted molar refractivity (Wildman–Crippen MR) is 160 cm³/mol. The largest absolute Gasteiger partial charge is 0.350 e. The molecule has 0 bridgehead atoms. The molecule has 1 unspecified atom stereocenters. The van der Waals surface area contributed by atoms with Crippen LogP contribution in [0.5, 0.6) is 0 Å². The van der Waals surface area contributed by atoms with E-state index in [2.05, 4.69) is 15.8 Å². The van der Waals surface area contributed by atoms with Crippen LogP contribution in [0.1, 0.15) is 31.4 Å². The SMILES string of the molecule is CC(NO)c1cccc(-c2nc3sccn3c2-c2ccnc(N[C@@H]3CCCN(S(=O)(=O)c4ccc(Cl)cc4)C3)n2)c1. The van der Waals surface area contributed by atoms with E-state index in [1.54, 1.807) is 18.3 Å². The average Bonchev–Trinajstić information content (AvgIpc) is 3.59. The van der Waals surface area contributed by atoms with Crippen molar-refractivity contribution in [3.63, 3.8) is 0 Å². The third-order valence-corrected chi connectivity index (χ3v) is 10.1. The third kappa shape index (κ3) is 5.59. The Morgan fingerprint density at radius 1 is 1.15 bits per heavy atom. The zero-order valence-corrected chi connectivity index (χ0v) is 24.5. The number of anilines is 1. The highest BCUT2D eigenvalue weighted by Gasteiger charge is 2.31. The minimum absolute atomic E-state index is 0.156. The highest BCUT2D eigenvalue weighted by molar-refractivity contribution is 7.89. The Bertz CT molecular complexity index is 1790. The maximum absolute atomic E-state index is 13.3. The van der Waals surface area contributed by atoms with Gasteiger partial charge in [0, 0.05) is 47.5 Å². The summed E-state index contributed by atoms with van der Waals surface area (Å²) >= 11 is 7.49. The van der Waals surface area contributed by atoms with Gasteiger partial charge in [0.1, 0.15) is 5.69 Å². The molecule has 212 valence electrons. The van der Waals surface area contributed by atoms with E-state index in [1.807, 2.05) is 53.2 Å². The van der Waals surface area contributed by atoms with Crippen LogP contribution in [0.4, 0.5) is 5.95 Å². The first-order valence-electron chi connectivity index (χ1n) is 13.1.